The van der Waals surface area contributed by atoms with E-state index in [1.54, 1.807) is 6.20 Å². The molecule has 2 aromatic rings. The molecule has 1 atom stereocenters. The molecule has 16 heavy (non-hydrogen) atoms. The monoisotopic (exact) mass is 216 g/mol. The fraction of sp³-hybridized carbons (Fsp3) is 0.462. The van der Waals surface area contributed by atoms with Crippen LogP contribution < -0.4 is 5.56 Å². The summed E-state index contributed by atoms with van der Waals surface area (Å²) in [4.78, 5) is 14.6. The molecule has 3 heteroatoms. The quantitative estimate of drug-likeness (QED) is 0.823. The molecular formula is C13H16N2O. The molecule has 1 N–H and O–H groups in total. The Morgan fingerprint density at radius 3 is 2.94 bits per heavy atom. The molecular weight excluding hydrogens is 200 g/mol. The van der Waals surface area contributed by atoms with Gasteiger partial charge < -0.3 is 9.55 Å². The van der Waals surface area contributed by atoms with Crippen LogP contribution in [0.15, 0.2) is 29.3 Å². The van der Waals surface area contributed by atoms with Crippen molar-refractivity contribution in [2.24, 2.45) is 5.92 Å². The number of hydrogen-bond donors (Lipinski definition) is 1. The molecule has 2 heterocycles. The van der Waals surface area contributed by atoms with Crippen molar-refractivity contribution in [3.8, 4) is 0 Å². The maximum absolute atomic E-state index is 11.8. The highest BCUT2D eigenvalue weighted by atomic mass is 16.1. The molecule has 0 aromatic carbocycles. The van der Waals surface area contributed by atoms with Crippen molar-refractivity contribution in [1.29, 1.82) is 0 Å². The van der Waals surface area contributed by atoms with Crippen LogP contribution in [0.5, 0.6) is 0 Å². The van der Waals surface area contributed by atoms with Crippen LogP contribution in [0.3, 0.4) is 0 Å². The van der Waals surface area contributed by atoms with Crippen LogP contribution in [0, 0.1) is 5.92 Å². The molecule has 0 radical (unpaired) electrons. The van der Waals surface area contributed by atoms with E-state index in [0.29, 0.717) is 6.04 Å². The van der Waals surface area contributed by atoms with Gasteiger partial charge in [0.2, 0.25) is 0 Å². The van der Waals surface area contributed by atoms with Gasteiger partial charge in [-0.3, -0.25) is 4.79 Å². The molecule has 0 aliphatic heterocycles. The predicted octanol–water partition coefficient (Wildman–Crippen LogP) is 2.69. The van der Waals surface area contributed by atoms with Crippen LogP contribution in [0.2, 0.25) is 0 Å². The number of pyridine rings is 1. The van der Waals surface area contributed by atoms with Gasteiger partial charge in [-0.15, -0.1) is 0 Å². The van der Waals surface area contributed by atoms with Gasteiger partial charge in [-0.25, -0.2) is 0 Å². The second-order valence-electron chi connectivity index (χ2n) is 4.77. The van der Waals surface area contributed by atoms with Gasteiger partial charge in [0.15, 0.2) is 0 Å². The highest BCUT2D eigenvalue weighted by Gasteiger charge is 2.26. The molecule has 0 spiro atoms. The lowest BCUT2D eigenvalue weighted by Crippen LogP contribution is -2.24. The molecule has 3 rings (SSSR count). The molecule has 3 nitrogen and oxygen atoms in total. The maximum Gasteiger partial charge on any atom is 0.272 e. The summed E-state index contributed by atoms with van der Waals surface area (Å²) in [6, 6.07) is 4.43. The molecule has 2 aromatic heterocycles. The maximum atomic E-state index is 11.8. The van der Waals surface area contributed by atoms with E-state index in [-0.39, 0.29) is 5.56 Å². The van der Waals surface area contributed by atoms with Gasteiger partial charge in [-0.05, 0) is 37.8 Å². The van der Waals surface area contributed by atoms with Crippen molar-refractivity contribution in [1.82, 2.24) is 9.55 Å². The molecule has 84 valence electrons. The lowest BCUT2D eigenvalue weighted by molar-refractivity contribution is 0.226. The Balaban J connectivity index is 2.12. The first-order valence-corrected chi connectivity index (χ1v) is 5.95. The average molecular weight is 216 g/mol. The van der Waals surface area contributed by atoms with Crippen molar-refractivity contribution in [3.05, 3.63) is 34.9 Å². The summed E-state index contributed by atoms with van der Waals surface area (Å²) in [6.45, 7) is 2.22. The summed E-state index contributed by atoms with van der Waals surface area (Å²) in [6.07, 6.45) is 7.69. The highest BCUT2D eigenvalue weighted by molar-refractivity contribution is 5.78. The first-order valence-electron chi connectivity index (χ1n) is 5.95. The van der Waals surface area contributed by atoms with Crippen molar-refractivity contribution in [3.63, 3.8) is 0 Å². The Hall–Kier alpha value is -1.51. The number of nitrogens with one attached hydrogen (secondary N) is 1. The number of aromatic amines is 1. The zero-order chi connectivity index (χ0) is 11.1. The Morgan fingerprint density at radius 1 is 1.44 bits per heavy atom. The summed E-state index contributed by atoms with van der Waals surface area (Å²) >= 11 is 0. The summed E-state index contributed by atoms with van der Waals surface area (Å²) in [5, 5.41) is 1.04. The molecule has 1 aliphatic rings. The second kappa shape index (κ2) is 3.51. The zero-order valence-electron chi connectivity index (χ0n) is 9.44. The topological polar surface area (TPSA) is 37.8 Å². The smallest absolute Gasteiger partial charge is 0.272 e. The fourth-order valence-corrected chi connectivity index (χ4v) is 2.61. The van der Waals surface area contributed by atoms with Gasteiger partial charge in [0.05, 0.1) is 0 Å². The first kappa shape index (κ1) is 9.70. The Kier molecular flexibility index (Phi) is 2.13. The molecule has 0 saturated heterocycles. The number of H-pyrrole nitrogens is 1. The van der Waals surface area contributed by atoms with Gasteiger partial charge >= 0.3 is 0 Å². The molecule has 1 saturated carbocycles. The Labute approximate surface area is 94.1 Å². The third-order valence-electron chi connectivity index (χ3n) is 3.91. The number of nitrogens with zero attached hydrogens (tertiary/aromatic N) is 1. The Bertz CT molecular complexity index is 563. The zero-order valence-corrected chi connectivity index (χ0v) is 9.44. The molecule has 0 amide bonds. The lowest BCUT2D eigenvalue weighted by atomic mass is 9.80. The van der Waals surface area contributed by atoms with Gasteiger partial charge in [0.1, 0.15) is 5.52 Å². The van der Waals surface area contributed by atoms with Crippen molar-refractivity contribution < 1.29 is 0 Å². The molecule has 1 unspecified atom stereocenters. The third-order valence-corrected chi connectivity index (χ3v) is 3.91. The minimum absolute atomic E-state index is 0.0219. The van der Waals surface area contributed by atoms with Crippen LogP contribution >= 0.6 is 0 Å². The normalized spacial score (nSPS) is 18.6. The number of rotatable bonds is 2. The average Bonchev–Trinajstić information content (AvgIpc) is 2.60. The minimum atomic E-state index is 0.0219. The lowest BCUT2D eigenvalue weighted by Gasteiger charge is -2.32. The van der Waals surface area contributed by atoms with Gasteiger partial charge in [-0.2, -0.15) is 0 Å². The number of hydrogen-bond acceptors (Lipinski definition) is 1. The van der Waals surface area contributed by atoms with Crippen molar-refractivity contribution >= 4 is 10.9 Å². The van der Waals surface area contributed by atoms with Crippen molar-refractivity contribution in [2.45, 2.75) is 32.2 Å². The largest absolute Gasteiger partial charge is 0.340 e. The molecule has 1 fully saturated rings. The van der Waals surface area contributed by atoms with Crippen LogP contribution in [-0.2, 0) is 0 Å². The van der Waals surface area contributed by atoms with Gasteiger partial charge in [-0.1, -0.05) is 6.42 Å². The summed E-state index contributed by atoms with van der Waals surface area (Å²) in [7, 11) is 0. The molecule has 1 aliphatic carbocycles. The first-order chi connectivity index (χ1) is 7.77. The predicted molar refractivity (Wildman–Crippen MR) is 64.6 cm³/mol. The highest BCUT2D eigenvalue weighted by Crippen LogP contribution is 2.37. The second-order valence-corrected chi connectivity index (χ2v) is 4.77. The van der Waals surface area contributed by atoms with E-state index in [1.165, 1.54) is 19.3 Å². The SMILES string of the molecule is CC(C1CCC1)n1ccc2cc[nH]c(=O)c21. The van der Waals surface area contributed by atoms with Crippen LogP contribution in [0.25, 0.3) is 10.9 Å². The summed E-state index contributed by atoms with van der Waals surface area (Å²) in [5.74, 6) is 0.746. The minimum Gasteiger partial charge on any atom is -0.340 e. The van der Waals surface area contributed by atoms with E-state index in [0.717, 1.165) is 16.8 Å². The van der Waals surface area contributed by atoms with E-state index >= 15 is 0 Å². The van der Waals surface area contributed by atoms with E-state index in [2.05, 4.69) is 16.5 Å². The van der Waals surface area contributed by atoms with E-state index in [9.17, 15) is 4.79 Å². The van der Waals surface area contributed by atoms with E-state index in [1.807, 2.05) is 18.3 Å². The Morgan fingerprint density at radius 2 is 2.25 bits per heavy atom. The van der Waals surface area contributed by atoms with E-state index in [4.69, 9.17) is 0 Å². The van der Waals surface area contributed by atoms with Crippen LogP contribution in [0.1, 0.15) is 32.2 Å². The third kappa shape index (κ3) is 1.31. The van der Waals surface area contributed by atoms with E-state index < -0.39 is 0 Å². The van der Waals surface area contributed by atoms with Crippen LogP contribution in [0.4, 0.5) is 0 Å². The molecule has 0 bridgehead atoms. The summed E-state index contributed by atoms with van der Waals surface area (Å²) in [5.41, 5.74) is 0.843. The standard InChI is InChI=1S/C13H16N2O/c1-9(10-3-2-4-10)15-8-6-11-5-7-14-13(16)12(11)15/h5-10H,2-4H2,1H3,(H,14,16). The van der Waals surface area contributed by atoms with Gasteiger partial charge in [0, 0.05) is 23.8 Å². The summed E-state index contributed by atoms with van der Waals surface area (Å²) < 4.78 is 2.14. The fourth-order valence-electron chi connectivity index (χ4n) is 2.61. The number of fused-ring (bicyclic) bond motifs is 1. The van der Waals surface area contributed by atoms with Crippen LogP contribution in [-0.4, -0.2) is 9.55 Å². The van der Waals surface area contributed by atoms with Crippen molar-refractivity contribution in [2.75, 3.05) is 0 Å². The van der Waals surface area contributed by atoms with Gasteiger partial charge in [0.25, 0.3) is 5.56 Å². The number of aromatic nitrogens is 2.